The molecule has 0 rings (SSSR count). The van der Waals surface area contributed by atoms with Crippen LogP contribution in [-0.4, -0.2) is 41.9 Å². The predicted molar refractivity (Wildman–Crippen MR) is 87.4 cm³/mol. The Balaban J connectivity index is 0. The second-order valence-corrected chi connectivity index (χ2v) is 5.36. The summed E-state index contributed by atoms with van der Waals surface area (Å²) < 4.78 is 0. The first-order chi connectivity index (χ1) is 10.5. The Hall–Kier alpha value is -1.59. The highest BCUT2D eigenvalue weighted by Gasteiger charge is 2.10. The highest BCUT2D eigenvalue weighted by Crippen LogP contribution is 2.10. The Morgan fingerprint density at radius 1 is 1.00 bits per heavy atom. The molecule has 0 saturated heterocycles. The van der Waals surface area contributed by atoms with Gasteiger partial charge in [0, 0.05) is 13.5 Å². The van der Waals surface area contributed by atoms with Crippen LogP contribution in [0.25, 0.3) is 0 Å². The molecule has 0 aromatic carbocycles. The zero-order chi connectivity index (χ0) is 17.2. The molecular formula is C16H32N2O4. The van der Waals surface area contributed by atoms with Gasteiger partial charge in [0.1, 0.15) is 6.54 Å². The summed E-state index contributed by atoms with van der Waals surface area (Å²) in [7, 11) is 1.55. The van der Waals surface area contributed by atoms with Crippen molar-refractivity contribution in [1.29, 1.82) is 0 Å². The maximum atomic E-state index is 11.5. The van der Waals surface area contributed by atoms with Crippen LogP contribution in [0.4, 0.5) is 0 Å². The standard InChI is InChI=1S/C15H29NO3.CH3NO/c1-3-4-5-6-7-8-9-10-11-12-14(17)16(2)13-15(18)19;2-1-3/h3-13H2,1-2H3,(H,18,19);1H,(H2,2,3). The monoisotopic (exact) mass is 316 g/mol. The number of hydrogen-bond donors (Lipinski definition) is 2. The Morgan fingerprint density at radius 2 is 1.41 bits per heavy atom. The minimum atomic E-state index is -0.956. The topological polar surface area (TPSA) is 101 Å². The first-order valence-electron chi connectivity index (χ1n) is 8.10. The molecule has 0 aliphatic carbocycles. The number of nitrogens with two attached hydrogens (primary N) is 1. The van der Waals surface area contributed by atoms with E-state index in [-0.39, 0.29) is 18.9 Å². The van der Waals surface area contributed by atoms with Gasteiger partial charge in [0.15, 0.2) is 0 Å². The number of amides is 2. The van der Waals surface area contributed by atoms with Gasteiger partial charge in [-0.05, 0) is 6.42 Å². The number of aliphatic carboxylic acids is 1. The van der Waals surface area contributed by atoms with E-state index in [1.807, 2.05) is 0 Å². The molecule has 0 saturated carbocycles. The average molecular weight is 316 g/mol. The van der Waals surface area contributed by atoms with E-state index in [4.69, 9.17) is 9.90 Å². The molecule has 6 nitrogen and oxygen atoms in total. The van der Waals surface area contributed by atoms with Crippen LogP contribution in [0.2, 0.25) is 0 Å². The van der Waals surface area contributed by atoms with Crippen LogP contribution in [-0.2, 0) is 14.4 Å². The lowest BCUT2D eigenvalue weighted by atomic mass is 10.1. The minimum Gasteiger partial charge on any atom is -0.480 e. The maximum Gasteiger partial charge on any atom is 0.323 e. The van der Waals surface area contributed by atoms with Crippen molar-refractivity contribution in [3.05, 3.63) is 0 Å². The quantitative estimate of drug-likeness (QED) is 0.427. The summed E-state index contributed by atoms with van der Waals surface area (Å²) in [5.74, 6) is -1.02. The molecule has 0 aliphatic rings. The molecule has 130 valence electrons. The largest absolute Gasteiger partial charge is 0.480 e. The SMILES string of the molecule is CCCCCCCCCCCC(=O)N(C)CC(=O)O.NC=O. The van der Waals surface area contributed by atoms with Crippen LogP contribution in [0.5, 0.6) is 0 Å². The number of carbonyl (C=O) groups is 3. The van der Waals surface area contributed by atoms with Crippen molar-refractivity contribution in [2.45, 2.75) is 71.1 Å². The van der Waals surface area contributed by atoms with Crippen molar-refractivity contribution in [3.63, 3.8) is 0 Å². The van der Waals surface area contributed by atoms with Crippen molar-refractivity contribution < 1.29 is 19.5 Å². The minimum absolute atomic E-state index is 0.0645. The second kappa shape index (κ2) is 17.5. The number of likely N-dealkylation sites (N-methyl/N-ethyl adjacent to an activating group) is 1. The molecule has 0 bridgehead atoms. The van der Waals surface area contributed by atoms with Crippen molar-refractivity contribution >= 4 is 18.3 Å². The van der Waals surface area contributed by atoms with Gasteiger partial charge in [-0.3, -0.25) is 14.4 Å². The number of unbranched alkanes of at least 4 members (excludes halogenated alkanes) is 8. The fourth-order valence-electron chi connectivity index (χ4n) is 2.07. The average Bonchev–Trinajstić information content (AvgIpc) is 2.45. The van der Waals surface area contributed by atoms with E-state index >= 15 is 0 Å². The van der Waals surface area contributed by atoms with Gasteiger partial charge in [0.05, 0.1) is 0 Å². The molecule has 0 aromatic heterocycles. The predicted octanol–water partition coefficient (Wildman–Crippen LogP) is 2.55. The van der Waals surface area contributed by atoms with Crippen molar-refractivity contribution in [3.8, 4) is 0 Å². The van der Waals surface area contributed by atoms with Crippen LogP contribution in [0.1, 0.15) is 71.1 Å². The van der Waals surface area contributed by atoms with Crippen molar-refractivity contribution in [2.75, 3.05) is 13.6 Å². The van der Waals surface area contributed by atoms with Gasteiger partial charge in [-0.1, -0.05) is 58.3 Å². The Kier molecular flexibility index (Phi) is 18.0. The number of carboxylic acid groups (broad SMARTS) is 1. The summed E-state index contributed by atoms with van der Waals surface area (Å²) in [6.07, 6.45) is 11.7. The molecule has 0 fully saturated rings. The summed E-state index contributed by atoms with van der Waals surface area (Å²) in [5.41, 5.74) is 4.17. The molecule has 2 amide bonds. The summed E-state index contributed by atoms with van der Waals surface area (Å²) >= 11 is 0. The zero-order valence-corrected chi connectivity index (χ0v) is 14.1. The summed E-state index contributed by atoms with van der Waals surface area (Å²) in [5, 5.41) is 8.57. The van der Waals surface area contributed by atoms with Gasteiger partial charge >= 0.3 is 5.97 Å². The molecule has 0 aromatic rings. The van der Waals surface area contributed by atoms with Crippen LogP contribution in [0.3, 0.4) is 0 Å². The zero-order valence-electron chi connectivity index (χ0n) is 14.1. The van der Waals surface area contributed by atoms with Gasteiger partial charge in [-0.25, -0.2) is 0 Å². The van der Waals surface area contributed by atoms with E-state index in [2.05, 4.69) is 12.7 Å². The Labute approximate surface area is 134 Å². The van der Waals surface area contributed by atoms with Crippen molar-refractivity contribution in [2.24, 2.45) is 5.73 Å². The normalized spacial score (nSPS) is 9.55. The Morgan fingerprint density at radius 3 is 1.82 bits per heavy atom. The van der Waals surface area contributed by atoms with E-state index in [9.17, 15) is 9.59 Å². The van der Waals surface area contributed by atoms with Gasteiger partial charge in [-0.15, -0.1) is 0 Å². The van der Waals surface area contributed by atoms with Gasteiger partial charge in [-0.2, -0.15) is 0 Å². The lowest BCUT2D eigenvalue weighted by Gasteiger charge is -2.14. The fourth-order valence-corrected chi connectivity index (χ4v) is 2.07. The van der Waals surface area contributed by atoms with Crippen LogP contribution in [0, 0.1) is 0 Å². The third kappa shape index (κ3) is 18.4. The van der Waals surface area contributed by atoms with Crippen molar-refractivity contribution in [1.82, 2.24) is 4.90 Å². The number of carbonyl (C=O) groups excluding carboxylic acids is 2. The lowest BCUT2D eigenvalue weighted by molar-refractivity contribution is -0.143. The second-order valence-electron chi connectivity index (χ2n) is 5.36. The van der Waals surface area contributed by atoms with Crippen LogP contribution >= 0.6 is 0 Å². The van der Waals surface area contributed by atoms with Gasteiger partial charge in [0.2, 0.25) is 12.3 Å². The molecule has 0 atom stereocenters. The summed E-state index contributed by atoms with van der Waals surface area (Å²) in [4.78, 5) is 31.9. The van der Waals surface area contributed by atoms with E-state index in [0.717, 1.165) is 12.8 Å². The molecule has 0 aliphatic heterocycles. The number of carboxylic acids is 1. The van der Waals surface area contributed by atoms with E-state index in [1.54, 1.807) is 7.05 Å². The number of rotatable bonds is 12. The molecule has 3 N–H and O–H groups in total. The molecule has 0 spiro atoms. The summed E-state index contributed by atoms with van der Waals surface area (Å²) in [6.45, 7) is 2.02. The maximum absolute atomic E-state index is 11.5. The molecule has 6 heteroatoms. The van der Waals surface area contributed by atoms with Crippen LogP contribution in [0.15, 0.2) is 0 Å². The van der Waals surface area contributed by atoms with E-state index < -0.39 is 5.97 Å². The number of primary amides is 1. The first kappa shape index (κ1) is 22.7. The van der Waals surface area contributed by atoms with E-state index in [1.165, 1.54) is 49.8 Å². The highest BCUT2D eigenvalue weighted by atomic mass is 16.4. The number of hydrogen-bond acceptors (Lipinski definition) is 3. The summed E-state index contributed by atoms with van der Waals surface area (Å²) in [6, 6.07) is 0. The molecule has 0 heterocycles. The molecule has 0 unspecified atom stereocenters. The molecular weight excluding hydrogens is 284 g/mol. The third-order valence-electron chi connectivity index (χ3n) is 3.29. The van der Waals surface area contributed by atoms with Crippen LogP contribution < -0.4 is 5.73 Å². The Bertz CT molecular complexity index is 296. The fraction of sp³-hybridized carbons (Fsp3) is 0.812. The lowest BCUT2D eigenvalue weighted by Crippen LogP contribution is -2.31. The number of nitrogens with zero attached hydrogens (tertiary/aromatic N) is 1. The van der Waals surface area contributed by atoms with Gasteiger partial charge in [0.25, 0.3) is 0 Å². The molecule has 22 heavy (non-hydrogen) atoms. The molecule has 0 radical (unpaired) electrons. The smallest absolute Gasteiger partial charge is 0.323 e. The third-order valence-corrected chi connectivity index (χ3v) is 3.29. The first-order valence-corrected chi connectivity index (χ1v) is 8.10. The van der Waals surface area contributed by atoms with E-state index in [0.29, 0.717) is 6.42 Å². The highest BCUT2D eigenvalue weighted by molar-refractivity contribution is 5.80. The van der Waals surface area contributed by atoms with Gasteiger partial charge < -0.3 is 15.7 Å².